The molecular formula is C33H36ClOP. The molecule has 0 fully saturated rings. The Morgan fingerprint density at radius 2 is 1.33 bits per heavy atom. The van der Waals surface area contributed by atoms with E-state index in [9.17, 15) is 5.11 Å². The quantitative estimate of drug-likeness (QED) is 0.408. The zero-order valence-electron chi connectivity index (χ0n) is 21.7. The average molecular weight is 515 g/mol. The standard InChI is InChI=1S/C33H36OP.ClH/c1-26(20-21-32-27(2)24-28(34)25-33(32,3)4)22-23-35(29-14-8-5-9-15-29,30-16-10-6-11-17-30)31-18-12-7-13-19-31;/h5-19,22,28,34H,23-25H2,1-4H3;1H/q+1;/p-1/b26-22+;/t28-;/m1./s1. The summed E-state index contributed by atoms with van der Waals surface area (Å²) >= 11 is 0. The third-order valence-corrected chi connectivity index (χ3v) is 11.3. The van der Waals surface area contributed by atoms with E-state index in [1.54, 1.807) is 0 Å². The molecule has 0 spiro atoms. The van der Waals surface area contributed by atoms with Crippen LogP contribution in [0.4, 0.5) is 0 Å². The zero-order valence-corrected chi connectivity index (χ0v) is 23.4. The van der Waals surface area contributed by atoms with Crippen LogP contribution in [0, 0.1) is 17.3 Å². The van der Waals surface area contributed by atoms with Crippen molar-refractivity contribution in [2.75, 3.05) is 6.16 Å². The first-order valence-electron chi connectivity index (χ1n) is 12.4. The topological polar surface area (TPSA) is 20.2 Å². The van der Waals surface area contributed by atoms with Crippen LogP contribution in [0.3, 0.4) is 0 Å². The lowest BCUT2D eigenvalue weighted by Crippen LogP contribution is -3.00. The number of hydrogen-bond acceptors (Lipinski definition) is 1. The van der Waals surface area contributed by atoms with Crippen molar-refractivity contribution >= 4 is 23.2 Å². The molecule has 1 nitrogen and oxygen atoms in total. The van der Waals surface area contributed by atoms with E-state index in [0.717, 1.165) is 24.6 Å². The van der Waals surface area contributed by atoms with Crippen LogP contribution in [0.15, 0.2) is 114 Å². The Hall–Kier alpha value is -2.62. The highest BCUT2D eigenvalue weighted by atomic mass is 35.5. The summed E-state index contributed by atoms with van der Waals surface area (Å²) in [6, 6.07) is 32.9. The Balaban J connectivity index is 0.00000361. The number of allylic oxidation sites excluding steroid dienone is 3. The first-order valence-corrected chi connectivity index (χ1v) is 14.4. The van der Waals surface area contributed by atoms with Crippen molar-refractivity contribution in [3.8, 4) is 11.8 Å². The fraction of sp³-hybridized carbons (Fsp3) is 0.273. The second-order valence-corrected chi connectivity index (χ2v) is 13.8. The molecule has 0 aliphatic heterocycles. The van der Waals surface area contributed by atoms with Crippen molar-refractivity contribution in [3.05, 3.63) is 114 Å². The Morgan fingerprint density at radius 1 is 0.889 bits per heavy atom. The van der Waals surface area contributed by atoms with Crippen LogP contribution in [-0.2, 0) is 0 Å². The van der Waals surface area contributed by atoms with Crippen molar-refractivity contribution in [2.24, 2.45) is 5.41 Å². The van der Waals surface area contributed by atoms with Crippen molar-refractivity contribution in [1.82, 2.24) is 0 Å². The molecule has 0 bridgehead atoms. The molecule has 0 saturated carbocycles. The molecule has 1 aliphatic carbocycles. The second kappa shape index (κ2) is 12.1. The number of aliphatic hydroxyl groups is 1. The predicted octanol–water partition coefficient (Wildman–Crippen LogP) is 3.43. The van der Waals surface area contributed by atoms with Crippen molar-refractivity contribution in [3.63, 3.8) is 0 Å². The summed E-state index contributed by atoms with van der Waals surface area (Å²) in [7, 11) is -1.90. The van der Waals surface area contributed by atoms with Gasteiger partial charge in [-0.1, -0.05) is 85.9 Å². The Kier molecular flexibility index (Phi) is 9.38. The van der Waals surface area contributed by atoms with E-state index in [-0.39, 0.29) is 23.9 Å². The van der Waals surface area contributed by atoms with E-state index in [4.69, 9.17) is 0 Å². The number of hydrogen-bond donors (Lipinski definition) is 1. The summed E-state index contributed by atoms with van der Waals surface area (Å²) in [6.45, 7) is 8.63. The normalized spacial score (nSPS) is 17.6. The van der Waals surface area contributed by atoms with Gasteiger partial charge < -0.3 is 17.5 Å². The molecule has 0 heterocycles. The molecule has 1 N–H and O–H groups in total. The van der Waals surface area contributed by atoms with Crippen LogP contribution in [0.25, 0.3) is 0 Å². The first kappa shape index (κ1) is 28.0. The monoisotopic (exact) mass is 514 g/mol. The van der Waals surface area contributed by atoms with Gasteiger partial charge in [-0.15, -0.1) is 0 Å². The van der Waals surface area contributed by atoms with Gasteiger partial charge in [0.1, 0.15) is 23.2 Å². The molecule has 3 heteroatoms. The Morgan fingerprint density at radius 3 is 1.75 bits per heavy atom. The molecule has 0 aromatic heterocycles. The van der Waals surface area contributed by atoms with Gasteiger partial charge in [0.15, 0.2) is 0 Å². The molecule has 4 rings (SSSR count). The van der Waals surface area contributed by atoms with Gasteiger partial charge in [0.2, 0.25) is 0 Å². The summed E-state index contributed by atoms with van der Waals surface area (Å²) in [5, 5.41) is 14.4. The number of aliphatic hydroxyl groups excluding tert-OH is 1. The third-order valence-electron chi connectivity index (χ3n) is 7.04. The van der Waals surface area contributed by atoms with Gasteiger partial charge in [-0.2, -0.15) is 0 Å². The van der Waals surface area contributed by atoms with Gasteiger partial charge in [0.05, 0.1) is 12.3 Å². The molecule has 1 atom stereocenters. The number of benzene rings is 3. The summed E-state index contributed by atoms with van der Waals surface area (Å²) in [5.74, 6) is 6.97. The minimum Gasteiger partial charge on any atom is -1.00 e. The summed E-state index contributed by atoms with van der Waals surface area (Å²) in [4.78, 5) is 0. The SMILES string of the molecule is CC1=C(C#C/C(C)=C/C[P+](c2ccccc2)(c2ccccc2)c2ccccc2)C(C)(C)C[C@H](O)C1.[Cl-]. The molecule has 186 valence electrons. The first-order chi connectivity index (χ1) is 16.8. The lowest BCUT2D eigenvalue weighted by Gasteiger charge is -2.34. The van der Waals surface area contributed by atoms with Gasteiger partial charge in [0.25, 0.3) is 0 Å². The summed E-state index contributed by atoms with van der Waals surface area (Å²) in [6.07, 6.45) is 4.49. The molecule has 0 amide bonds. The molecule has 0 radical (unpaired) electrons. The Bertz CT molecular complexity index is 1170. The Labute approximate surface area is 224 Å². The third kappa shape index (κ3) is 6.02. The van der Waals surface area contributed by atoms with Gasteiger partial charge in [-0.05, 0) is 74.7 Å². The van der Waals surface area contributed by atoms with Crippen LogP contribution < -0.4 is 28.3 Å². The minimum atomic E-state index is -1.90. The minimum absolute atomic E-state index is 0. The predicted molar refractivity (Wildman–Crippen MR) is 153 cm³/mol. The molecule has 0 saturated heterocycles. The molecule has 0 unspecified atom stereocenters. The van der Waals surface area contributed by atoms with E-state index in [2.05, 4.69) is 137 Å². The van der Waals surface area contributed by atoms with Crippen molar-refractivity contribution in [2.45, 2.75) is 46.6 Å². The lowest BCUT2D eigenvalue weighted by molar-refractivity contribution is -0.0000116. The zero-order chi connectivity index (χ0) is 24.9. The molecule has 3 aromatic rings. The van der Waals surface area contributed by atoms with Crippen LogP contribution in [0.5, 0.6) is 0 Å². The van der Waals surface area contributed by atoms with Crippen LogP contribution in [0.2, 0.25) is 0 Å². The molecule has 3 aromatic carbocycles. The van der Waals surface area contributed by atoms with Crippen molar-refractivity contribution in [1.29, 1.82) is 0 Å². The highest BCUT2D eigenvalue weighted by molar-refractivity contribution is 7.95. The number of halogens is 1. The van der Waals surface area contributed by atoms with E-state index < -0.39 is 7.26 Å². The molecule has 1 aliphatic rings. The van der Waals surface area contributed by atoms with Gasteiger partial charge in [-0.3, -0.25) is 0 Å². The van der Waals surface area contributed by atoms with E-state index in [1.807, 2.05) is 0 Å². The largest absolute Gasteiger partial charge is 1.00 e. The maximum absolute atomic E-state index is 10.2. The van der Waals surface area contributed by atoms with Crippen LogP contribution in [0.1, 0.15) is 40.5 Å². The fourth-order valence-corrected chi connectivity index (χ4v) is 9.49. The van der Waals surface area contributed by atoms with Gasteiger partial charge in [-0.25, -0.2) is 0 Å². The van der Waals surface area contributed by atoms with E-state index in [0.29, 0.717) is 0 Å². The van der Waals surface area contributed by atoms with Gasteiger partial charge >= 0.3 is 0 Å². The number of rotatable bonds is 5. The van der Waals surface area contributed by atoms with Crippen molar-refractivity contribution < 1.29 is 17.5 Å². The summed E-state index contributed by atoms with van der Waals surface area (Å²) < 4.78 is 0. The van der Waals surface area contributed by atoms with E-state index in [1.165, 1.54) is 27.1 Å². The molecular weight excluding hydrogens is 479 g/mol. The summed E-state index contributed by atoms with van der Waals surface area (Å²) in [5.41, 5.74) is 3.41. The average Bonchev–Trinajstić information content (AvgIpc) is 2.85. The van der Waals surface area contributed by atoms with Crippen LogP contribution in [-0.4, -0.2) is 17.4 Å². The second-order valence-electron chi connectivity index (χ2n) is 10.2. The fourth-order valence-electron chi connectivity index (χ4n) is 5.37. The molecule has 36 heavy (non-hydrogen) atoms. The maximum atomic E-state index is 10.2. The van der Waals surface area contributed by atoms with E-state index >= 15 is 0 Å². The smallest absolute Gasteiger partial charge is 0.116 e. The van der Waals surface area contributed by atoms with Gasteiger partial charge in [0, 0.05) is 11.0 Å². The highest BCUT2D eigenvalue weighted by Gasteiger charge is 2.44. The lowest BCUT2D eigenvalue weighted by atomic mass is 9.72. The maximum Gasteiger partial charge on any atom is 0.116 e. The van der Waals surface area contributed by atoms with Crippen LogP contribution >= 0.6 is 7.26 Å². The highest BCUT2D eigenvalue weighted by Crippen LogP contribution is 2.55.